The van der Waals surface area contributed by atoms with Gasteiger partial charge < -0.3 is 15.0 Å². The summed E-state index contributed by atoms with van der Waals surface area (Å²) in [5, 5.41) is 2.74. The molecule has 1 aromatic carbocycles. The zero-order chi connectivity index (χ0) is 18.5. The van der Waals surface area contributed by atoms with E-state index in [1.54, 1.807) is 41.6 Å². The highest BCUT2D eigenvalue weighted by molar-refractivity contribution is 6.03. The van der Waals surface area contributed by atoms with Gasteiger partial charge in [0.25, 0.3) is 0 Å². The van der Waals surface area contributed by atoms with Crippen LogP contribution >= 0.6 is 0 Å². The Hall–Kier alpha value is -3.22. The molecule has 2 heterocycles. The Kier molecular flexibility index (Phi) is 5.26. The van der Waals surface area contributed by atoms with Crippen molar-refractivity contribution in [2.45, 2.75) is 13.0 Å². The van der Waals surface area contributed by atoms with Gasteiger partial charge in [-0.25, -0.2) is 4.79 Å². The summed E-state index contributed by atoms with van der Waals surface area (Å²) in [6.07, 6.45) is 3.52. The van der Waals surface area contributed by atoms with E-state index in [4.69, 9.17) is 4.74 Å². The molecule has 0 bridgehead atoms. The lowest BCUT2D eigenvalue weighted by Crippen LogP contribution is -2.28. The van der Waals surface area contributed by atoms with Crippen molar-refractivity contribution in [3.63, 3.8) is 0 Å². The first-order chi connectivity index (χ1) is 12.6. The molecule has 1 aliphatic rings. The smallest absolute Gasteiger partial charge is 0.339 e. The number of para-hydroxylation sites is 1. The van der Waals surface area contributed by atoms with Crippen LogP contribution in [0.5, 0.6) is 0 Å². The van der Waals surface area contributed by atoms with Crippen LogP contribution < -0.4 is 5.32 Å². The van der Waals surface area contributed by atoms with E-state index in [1.165, 1.54) is 7.11 Å². The number of anilines is 1. The van der Waals surface area contributed by atoms with Crippen LogP contribution in [-0.2, 0) is 20.9 Å². The van der Waals surface area contributed by atoms with Crippen LogP contribution in [0.3, 0.4) is 0 Å². The van der Waals surface area contributed by atoms with Gasteiger partial charge in [0.1, 0.15) is 0 Å². The van der Waals surface area contributed by atoms with Gasteiger partial charge in [0.05, 0.1) is 24.3 Å². The number of aromatic nitrogens is 1. The maximum atomic E-state index is 12.6. The third-order valence-corrected chi connectivity index (χ3v) is 4.27. The Morgan fingerprint density at radius 3 is 2.81 bits per heavy atom. The number of hydrogen-bond donors (Lipinski definition) is 1. The number of carbonyl (C=O) groups is 3. The lowest BCUT2D eigenvalue weighted by molar-refractivity contribution is -0.128. The van der Waals surface area contributed by atoms with Gasteiger partial charge in [-0.3, -0.25) is 14.6 Å². The van der Waals surface area contributed by atoms with Crippen molar-refractivity contribution in [2.24, 2.45) is 5.92 Å². The number of nitrogens with zero attached hydrogens (tertiary/aromatic N) is 2. The number of esters is 1. The van der Waals surface area contributed by atoms with Crippen LogP contribution in [0.15, 0.2) is 48.8 Å². The van der Waals surface area contributed by atoms with Gasteiger partial charge in [0.2, 0.25) is 11.8 Å². The Morgan fingerprint density at radius 1 is 1.27 bits per heavy atom. The Morgan fingerprint density at radius 2 is 2.08 bits per heavy atom. The normalized spacial score (nSPS) is 16.4. The maximum Gasteiger partial charge on any atom is 0.339 e. The highest BCUT2D eigenvalue weighted by Gasteiger charge is 2.34. The van der Waals surface area contributed by atoms with Gasteiger partial charge in [-0.1, -0.05) is 18.2 Å². The molecular weight excluding hydrogens is 334 g/mol. The average molecular weight is 353 g/mol. The molecule has 1 atom stereocenters. The van der Waals surface area contributed by atoms with Gasteiger partial charge in [0, 0.05) is 31.9 Å². The molecular formula is C19H19N3O4. The molecule has 0 radical (unpaired) electrons. The van der Waals surface area contributed by atoms with Crippen LogP contribution in [-0.4, -0.2) is 41.3 Å². The number of methoxy groups -OCH3 is 1. The summed E-state index contributed by atoms with van der Waals surface area (Å²) in [6, 6.07) is 10.3. The van der Waals surface area contributed by atoms with Crippen LogP contribution in [0.4, 0.5) is 5.69 Å². The number of nitrogens with one attached hydrogen (secondary N) is 1. The van der Waals surface area contributed by atoms with E-state index in [2.05, 4.69) is 10.3 Å². The molecule has 0 saturated carbocycles. The third-order valence-electron chi connectivity index (χ3n) is 4.27. The Labute approximate surface area is 151 Å². The van der Waals surface area contributed by atoms with E-state index in [0.717, 1.165) is 5.56 Å². The largest absolute Gasteiger partial charge is 0.465 e. The predicted molar refractivity (Wildman–Crippen MR) is 94.2 cm³/mol. The molecule has 26 heavy (non-hydrogen) atoms. The second-order valence-corrected chi connectivity index (χ2v) is 6.06. The first kappa shape index (κ1) is 17.6. The second kappa shape index (κ2) is 7.77. The van der Waals surface area contributed by atoms with E-state index < -0.39 is 11.9 Å². The van der Waals surface area contributed by atoms with Gasteiger partial charge in [-0.05, 0) is 23.8 Å². The number of amides is 2. The number of benzene rings is 1. The number of pyridine rings is 1. The topological polar surface area (TPSA) is 88.6 Å². The van der Waals surface area contributed by atoms with E-state index in [9.17, 15) is 14.4 Å². The van der Waals surface area contributed by atoms with Crippen LogP contribution in [0.1, 0.15) is 22.3 Å². The van der Waals surface area contributed by atoms with Gasteiger partial charge in [0.15, 0.2) is 0 Å². The fourth-order valence-corrected chi connectivity index (χ4v) is 2.93. The summed E-state index contributed by atoms with van der Waals surface area (Å²) in [6.45, 7) is 0.759. The minimum atomic E-state index is -0.526. The lowest BCUT2D eigenvalue weighted by Gasteiger charge is -2.17. The van der Waals surface area contributed by atoms with Crippen molar-refractivity contribution < 1.29 is 19.1 Å². The molecule has 1 aliphatic heterocycles. The summed E-state index contributed by atoms with van der Waals surface area (Å²) in [4.78, 5) is 42.3. The summed E-state index contributed by atoms with van der Waals surface area (Å²) in [5.74, 6) is -1.36. The summed E-state index contributed by atoms with van der Waals surface area (Å²) in [5.41, 5.74) is 1.57. The van der Waals surface area contributed by atoms with Crippen LogP contribution in [0.25, 0.3) is 0 Å². The zero-order valence-corrected chi connectivity index (χ0v) is 14.3. The number of ether oxygens (including phenoxy) is 1. The van der Waals surface area contributed by atoms with Gasteiger partial charge >= 0.3 is 5.97 Å². The Bertz CT molecular complexity index is 823. The minimum Gasteiger partial charge on any atom is -0.465 e. The second-order valence-electron chi connectivity index (χ2n) is 6.06. The number of likely N-dealkylation sites (tertiary alicyclic amines) is 1. The summed E-state index contributed by atoms with van der Waals surface area (Å²) >= 11 is 0. The van der Waals surface area contributed by atoms with Crippen molar-refractivity contribution in [3.05, 3.63) is 59.9 Å². The molecule has 134 valence electrons. The molecule has 7 heteroatoms. The van der Waals surface area contributed by atoms with E-state index in [1.807, 2.05) is 12.1 Å². The molecule has 7 nitrogen and oxygen atoms in total. The minimum absolute atomic E-state index is 0.0738. The zero-order valence-electron chi connectivity index (χ0n) is 14.3. The van der Waals surface area contributed by atoms with E-state index >= 15 is 0 Å². The fraction of sp³-hybridized carbons (Fsp3) is 0.263. The fourth-order valence-electron chi connectivity index (χ4n) is 2.93. The SMILES string of the molecule is COC(=O)c1ccccc1NC(=O)C1CC(=O)N(Cc2cccnc2)C1. The lowest BCUT2D eigenvalue weighted by atomic mass is 10.1. The number of carbonyl (C=O) groups excluding carboxylic acids is 3. The van der Waals surface area contributed by atoms with Crippen molar-refractivity contribution in [1.82, 2.24) is 9.88 Å². The number of rotatable bonds is 5. The maximum absolute atomic E-state index is 12.6. The summed E-state index contributed by atoms with van der Waals surface area (Å²) in [7, 11) is 1.28. The van der Waals surface area contributed by atoms with Crippen LogP contribution in [0, 0.1) is 5.92 Å². The van der Waals surface area contributed by atoms with Gasteiger partial charge in [-0.15, -0.1) is 0 Å². The predicted octanol–water partition coefficient (Wildman–Crippen LogP) is 1.86. The van der Waals surface area contributed by atoms with Crippen molar-refractivity contribution in [1.29, 1.82) is 0 Å². The molecule has 3 rings (SSSR count). The molecule has 1 fully saturated rings. The van der Waals surface area contributed by atoms with E-state index in [0.29, 0.717) is 18.8 Å². The van der Waals surface area contributed by atoms with E-state index in [-0.39, 0.29) is 23.8 Å². The summed E-state index contributed by atoms with van der Waals surface area (Å²) < 4.78 is 4.73. The monoisotopic (exact) mass is 353 g/mol. The van der Waals surface area contributed by atoms with Crippen molar-refractivity contribution in [3.8, 4) is 0 Å². The number of hydrogen-bond acceptors (Lipinski definition) is 5. The first-order valence-corrected chi connectivity index (χ1v) is 8.23. The molecule has 2 aromatic rings. The third kappa shape index (κ3) is 3.88. The van der Waals surface area contributed by atoms with Gasteiger partial charge in [-0.2, -0.15) is 0 Å². The molecule has 2 amide bonds. The molecule has 0 aliphatic carbocycles. The first-order valence-electron chi connectivity index (χ1n) is 8.23. The highest BCUT2D eigenvalue weighted by Crippen LogP contribution is 2.23. The standard InChI is InChI=1S/C19H19N3O4/c1-26-19(25)15-6-2-3-7-16(15)21-18(24)14-9-17(23)22(12-14)11-13-5-4-8-20-10-13/h2-8,10,14H,9,11-12H2,1H3,(H,21,24). The molecule has 1 aromatic heterocycles. The molecule has 0 spiro atoms. The molecule has 1 N–H and O–H groups in total. The molecule has 1 unspecified atom stereocenters. The van der Waals surface area contributed by atoms with Crippen LogP contribution in [0.2, 0.25) is 0 Å². The highest BCUT2D eigenvalue weighted by atomic mass is 16.5. The quantitative estimate of drug-likeness (QED) is 0.829. The Balaban J connectivity index is 1.66. The van der Waals surface area contributed by atoms with Crippen molar-refractivity contribution >= 4 is 23.5 Å². The average Bonchev–Trinajstić information content (AvgIpc) is 3.03. The van der Waals surface area contributed by atoms with Crippen molar-refractivity contribution in [2.75, 3.05) is 19.0 Å². The molecule has 1 saturated heterocycles.